The molecule has 0 aliphatic heterocycles. The Bertz CT molecular complexity index is 434. The zero-order chi connectivity index (χ0) is 12.6. The van der Waals surface area contributed by atoms with Gasteiger partial charge in [-0.15, -0.1) is 0 Å². The summed E-state index contributed by atoms with van der Waals surface area (Å²) in [7, 11) is 0. The van der Waals surface area contributed by atoms with Crippen LogP contribution in [0.2, 0.25) is 0 Å². The molecular formula is C14H21N3O. The van der Waals surface area contributed by atoms with E-state index >= 15 is 0 Å². The Morgan fingerprint density at radius 2 is 2.06 bits per heavy atom. The highest BCUT2D eigenvalue weighted by Crippen LogP contribution is 2.04. The van der Waals surface area contributed by atoms with Crippen molar-refractivity contribution in [1.29, 1.82) is 0 Å². The highest BCUT2D eigenvalue weighted by Gasteiger charge is 1.99. The first-order valence-corrected chi connectivity index (χ1v) is 6.64. The van der Waals surface area contributed by atoms with Crippen LogP contribution in [0, 0.1) is 0 Å². The largest absolute Gasteiger partial charge is 0.396 e. The van der Waals surface area contributed by atoms with Gasteiger partial charge in [-0.25, -0.2) is 4.98 Å². The van der Waals surface area contributed by atoms with Gasteiger partial charge in [0.1, 0.15) is 5.65 Å². The third-order valence-electron chi connectivity index (χ3n) is 2.98. The third kappa shape index (κ3) is 3.82. The molecule has 2 heterocycles. The number of nitrogens with one attached hydrogen (secondary N) is 1. The Balaban J connectivity index is 1.67. The summed E-state index contributed by atoms with van der Waals surface area (Å²) < 4.78 is 2.04. The van der Waals surface area contributed by atoms with E-state index in [4.69, 9.17) is 5.11 Å². The lowest BCUT2D eigenvalue weighted by molar-refractivity contribution is 0.282. The highest BCUT2D eigenvalue weighted by molar-refractivity contribution is 5.39. The summed E-state index contributed by atoms with van der Waals surface area (Å²) in [5.74, 6) is 0. The number of unbranched alkanes of at least 4 members (excludes halogenated alkanes) is 3. The molecule has 18 heavy (non-hydrogen) atoms. The molecule has 0 bridgehead atoms. The van der Waals surface area contributed by atoms with Crippen LogP contribution in [0.4, 0.5) is 0 Å². The Morgan fingerprint density at radius 3 is 2.89 bits per heavy atom. The maximum absolute atomic E-state index is 8.66. The molecule has 0 spiro atoms. The smallest absolute Gasteiger partial charge is 0.137 e. The Labute approximate surface area is 108 Å². The molecule has 0 saturated carbocycles. The molecule has 2 aromatic heterocycles. The SMILES string of the molecule is OCCCCCCNCc1cn2ccccc2n1. The van der Waals surface area contributed by atoms with Gasteiger partial charge in [0.25, 0.3) is 0 Å². The molecule has 0 atom stereocenters. The summed E-state index contributed by atoms with van der Waals surface area (Å²) in [6.07, 6.45) is 8.46. The maximum atomic E-state index is 8.66. The van der Waals surface area contributed by atoms with Gasteiger partial charge in [-0.2, -0.15) is 0 Å². The quantitative estimate of drug-likeness (QED) is 0.701. The first kappa shape index (κ1) is 13.1. The number of imidazole rings is 1. The number of aliphatic hydroxyl groups is 1. The summed E-state index contributed by atoms with van der Waals surface area (Å²) in [5.41, 5.74) is 2.08. The second-order valence-electron chi connectivity index (χ2n) is 4.51. The zero-order valence-corrected chi connectivity index (χ0v) is 10.7. The van der Waals surface area contributed by atoms with Gasteiger partial charge in [-0.3, -0.25) is 0 Å². The molecule has 0 fully saturated rings. The van der Waals surface area contributed by atoms with Gasteiger partial charge in [0.05, 0.1) is 5.69 Å². The van der Waals surface area contributed by atoms with E-state index in [1.165, 1.54) is 6.42 Å². The van der Waals surface area contributed by atoms with Crippen molar-refractivity contribution in [1.82, 2.24) is 14.7 Å². The van der Waals surface area contributed by atoms with E-state index in [1.807, 2.05) is 28.8 Å². The molecule has 0 aliphatic rings. The molecule has 0 radical (unpaired) electrons. The molecule has 0 aromatic carbocycles. The molecule has 2 N–H and O–H groups in total. The topological polar surface area (TPSA) is 49.6 Å². The lowest BCUT2D eigenvalue weighted by Gasteiger charge is -2.02. The maximum Gasteiger partial charge on any atom is 0.137 e. The van der Waals surface area contributed by atoms with Crippen LogP contribution >= 0.6 is 0 Å². The fraction of sp³-hybridized carbons (Fsp3) is 0.500. The number of pyridine rings is 1. The Morgan fingerprint density at radius 1 is 1.17 bits per heavy atom. The first-order valence-electron chi connectivity index (χ1n) is 6.64. The van der Waals surface area contributed by atoms with Crippen LogP contribution in [-0.2, 0) is 6.54 Å². The number of hydrogen-bond acceptors (Lipinski definition) is 3. The van der Waals surface area contributed by atoms with Gasteiger partial charge >= 0.3 is 0 Å². The fourth-order valence-electron chi connectivity index (χ4n) is 2.00. The molecule has 0 unspecified atom stereocenters. The number of fused-ring (bicyclic) bond motifs is 1. The van der Waals surface area contributed by atoms with Crippen LogP contribution in [0.25, 0.3) is 5.65 Å². The van der Waals surface area contributed by atoms with Crippen LogP contribution in [0.15, 0.2) is 30.6 Å². The van der Waals surface area contributed by atoms with Crippen LogP contribution < -0.4 is 5.32 Å². The van der Waals surface area contributed by atoms with Gasteiger partial charge < -0.3 is 14.8 Å². The number of rotatable bonds is 8. The van der Waals surface area contributed by atoms with E-state index in [0.29, 0.717) is 6.61 Å². The highest BCUT2D eigenvalue weighted by atomic mass is 16.2. The van der Waals surface area contributed by atoms with E-state index in [2.05, 4.69) is 16.5 Å². The Hall–Kier alpha value is -1.39. The Kier molecular flexibility index (Phi) is 5.17. The summed E-state index contributed by atoms with van der Waals surface area (Å²) in [6, 6.07) is 6.02. The van der Waals surface area contributed by atoms with Crippen LogP contribution in [0.3, 0.4) is 0 Å². The van der Waals surface area contributed by atoms with Crippen molar-refractivity contribution in [3.8, 4) is 0 Å². The van der Waals surface area contributed by atoms with Crippen molar-refractivity contribution in [2.45, 2.75) is 32.2 Å². The lowest BCUT2D eigenvalue weighted by atomic mass is 10.2. The lowest BCUT2D eigenvalue weighted by Crippen LogP contribution is -2.14. The predicted molar refractivity (Wildman–Crippen MR) is 72.5 cm³/mol. The minimum atomic E-state index is 0.314. The van der Waals surface area contributed by atoms with Crippen LogP contribution in [0.1, 0.15) is 31.4 Å². The first-order chi connectivity index (χ1) is 8.90. The molecule has 4 nitrogen and oxygen atoms in total. The summed E-state index contributed by atoms with van der Waals surface area (Å²) in [5, 5.41) is 12.1. The summed E-state index contributed by atoms with van der Waals surface area (Å²) in [4.78, 5) is 4.53. The van der Waals surface area contributed by atoms with E-state index < -0.39 is 0 Å². The van der Waals surface area contributed by atoms with Gasteiger partial charge in [0.2, 0.25) is 0 Å². The van der Waals surface area contributed by atoms with Crippen LogP contribution in [-0.4, -0.2) is 27.6 Å². The third-order valence-corrected chi connectivity index (χ3v) is 2.98. The van der Waals surface area contributed by atoms with E-state index in [0.717, 1.165) is 43.7 Å². The summed E-state index contributed by atoms with van der Waals surface area (Å²) >= 11 is 0. The molecular weight excluding hydrogens is 226 g/mol. The van der Waals surface area contributed by atoms with Crippen LogP contribution in [0.5, 0.6) is 0 Å². The van der Waals surface area contributed by atoms with Crippen molar-refractivity contribution in [2.75, 3.05) is 13.2 Å². The minimum absolute atomic E-state index is 0.314. The van der Waals surface area contributed by atoms with E-state index in [9.17, 15) is 0 Å². The normalized spacial score (nSPS) is 11.2. The van der Waals surface area contributed by atoms with Gasteiger partial charge in [-0.05, 0) is 31.5 Å². The molecule has 0 aliphatic carbocycles. The molecule has 0 amide bonds. The fourth-order valence-corrected chi connectivity index (χ4v) is 2.00. The number of aliphatic hydroxyl groups excluding tert-OH is 1. The molecule has 98 valence electrons. The average molecular weight is 247 g/mol. The van der Waals surface area contributed by atoms with Crippen molar-refractivity contribution < 1.29 is 5.11 Å². The predicted octanol–water partition coefficient (Wildman–Crippen LogP) is 1.98. The van der Waals surface area contributed by atoms with Gasteiger partial charge in [0.15, 0.2) is 0 Å². The molecule has 0 saturated heterocycles. The monoisotopic (exact) mass is 247 g/mol. The minimum Gasteiger partial charge on any atom is -0.396 e. The number of hydrogen-bond donors (Lipinski definition) is 2. The number of aromatic nitrogens is 2. The van der Waals surface area contributed by atoms with Crippen molar-refractivity contribution in [3.63, 3.8) is 0 Å². The standard InChI is InChI=1S/C14H21N3O/c18-10-6-2-1-4-8-15-11-13-12-17-9-5-3-7-14(17)16-13/h3,5,7,9,12,15,18H,1-2,4,6,8,10-11H2. The summed E-state index contributed by atoms with van der Waals surface area (Å²) in [6.45, 7) is 2.15. The molecule has 2 rings (SSSR count). The molecule has 4 heteroatoms. The zero-order valence-electron chi connectivity index (χ0n) is 10.7. The molecule has 2 aromatic rings. The second-order valence-corrected chi connectivity index (χ2v) is 4.51. The van der Waals surface area contributed by atoms with Crippen molar-refractivity contribution in [2.24, 2.45) is 0 Å². The average Bonchev–Trinajstić information content (AvgIpc) is 2.80. The second kappa shape index (κ2) is 7.13. The van der Waals surface area contributed by atoms with E-state index in [1.54, 1.807) is 0 Å². The van der Waals surface area contributed by atoms with Crippen molar-refractivity contribution >= 4 is 5.65 Å². The van der Waals surface area contributed by atoms with Crippen molar-refractivity contribution in [3.05, 3.63) is 36.3 Å². The van der Waals surface area contributed by atoms with E-state index in [-0.39, 0.29) is 0 Å². The number of nitrogens with zero attached hydrogens (tertiary/aromatic N) is 2. The van der Waals surface area contributed by atoms with Gasteiger partial charge in [-0.1, -0.05) is 18.9 Å². The van der Waals surface area contributed by atoms with Gasteiger partial charge in [0, 0.05) is 25.5 Å².